The maximum absolute atomic E-state index is 10.9. The average Bonchev–Trinajstić information content (AvgIpc) is 2.76. The van der Waals surface area contributed by atoms with Crippen molar-refractivity contribution in [2.24, 2.45) is 4.99 Å². The maximum atomic E-state index is 10.9. The molecule has 4 nitrogen and oxygen atoms in total. The van der Waals surface area contributed by atoms with Crippen LogP contribution in [-0.2, 0) is 0 Å². The van der Waals surface area contributed by atoms with Gasteiger partial charge in [-0.05, 0) is 48.7 Å². The van der Waals surface area contributed by atoms with Crippen LogP contribution in [0.2, 0.25) is 0 Å². The van der Waals surface area contributed by atoms with Crippen molar-refractivity contribution in [3.8, 4) is 11.5 Å². The lowest BCUT2D eigenvalue weighted by Gasteiger charge is -2.31. The molecule has 0 radical (unpaired) electrons. The van der Waals surface area contributed by atoms with E-state index in [-0.39, 0.29) is 18.0 Å². The summed E-state index contributed by atoms with van der Waals surface area (Å²) in [6, 6.07) is 22.1. The minimum absolute atomic E-state index is 0.0915. The normalized spacial score (nSPS) is 18.7. The predicted octanol–water partition coefficient (Wildman–Crippen LogP) is 6.08. The smallest absolute Gasteiger partial charge is 0.162 e. The Hall–Kier alpha value is -2.63. The molecule has 0 saturated heterocycles. The number of phenolic OH excluding ortho intramolecular Hbond substituents is 1. The highest BCUT2D eigenvalue weighted by Gasteiger charge is 2.29. The van der Waals surface area contributed by atoms with E-state index in [0.29, 0.717) is 18.8 Å². The van der Waals surface area contributed by atoms with Gasteiger partial charge in [0.15, 0.2) is 11.5 Å². The predicted molar refractivity (Wildman–Crippen MR) is 124 cm³/mol. The molecule has 30 heavy (non-hydrogen) atoms. The van der Waals surface area contributed by atoms with Gasteiger partial charge in [-0.25, -0.2) is 0 Å². The van der Waals surface area contributed by atoms with Crippen LogP contribution in [0.3, 0.4) is 0 Å². The molecule has 3 aromatic carbocycles. The molecule has 0 unspecified atom stereocenters. The molecule has 3 aromatic rings. The molecule has 154 valence electrons. The highest BCUT2D eigenvalue weighted by molar-refractivity contribution is 9.10. The van der Waals surface area contributed by atoms with E-state index in [4.69, 9.17) is 9.73 Å². The third kappa shape index (κ3) is 4.27. The molecule has 4 rings (SSSR count). The largest absolute Gasteiger partial charge is 0.504 e. The van der Waals surface area contributed by atoms with Gasteiger partial charge in [-0.1, -0.05) is 64.5 Å². The van der Waals surface area contributed by atoms with Gasteiger partial charge in [-0.2, -0.15) is 0 Å². The van der Waals surface area contributed by atoms with Gasteiger partial charge >= 0.3 is 0 Å². The van der Waals surface area contributed by atoms with Crippen molar-refractivity contribution in [1.82, 2.24) is 5.32 Å². The zero-order valence-electron chi connectivity index (χ0n) is 17.1. The van der Waals surface area contributed by atoms with Crippen molar-refractivity contribution in [2.45, 2.75) is 32.5 Å². The molecule has 0 aliphatic carbocycles. The summed E-state index contributed by atoms with van der Waals surface area (Å²) >= 11 is 3.51. The summed E-state index contributed by atoms with van der Waals surface area (Å²) in [5.41, 5.74) is 5.24. The highest BCUT2D eigenvalue weighted by Crippen LogP contribution is 2.39. The monoisotopic (exact) mass is 464 g/mol. The molecule has 1 heterocycles. The van der Waals surface area contributed by atoms with Gasteiger partial charge in [0.2, 0.25) is 0 Å². The van der Waals surface area contributed by atoms with Crippen molar-refractivity contribution in [1.29, 1.82) is 0 Å². The number of aromatic hydroxyl groups is 1. The molecule has 2 N–H and O–H groups in total. The molecule has 0 spiro atoms. The van der Waals surface area contributed by atoms with E-state index < -0.39 is 0 Å². The standard InChI is InChI=1S/C25H25BrN2O2/c1-3-30-23-10-6-9-20(24(23)29)22-15-21(17-11-13-18(26)14-12-17)27-25(28-22)19-8-5-4-7-16(19)2/h4-14,22,25,28-29H,3,15H2,1-2H3/t22-,25-/m0/s1. The number of para-hydroxylation sites is 1. The maximum Gasteiger partial charge on any atom is 0.162 e. The number of halogens is 1. The summed E-state index contributed by atoms with van der Waals surface area (Å²) in [4.78, 5) is 5.05. The Morgan fingerprint density at radius 1 is 1.03 bits per heavy atom. The Morgan fingerprint density at radius 2 is 1.77 bits per heavy atom. The lowest BCUT2D eigenvalue weighted by molar-refractivity contribution is 0.313. The molecular formula is C25H25BrN2O2. The molecule has 0 amide bonds. The second-order valence-electron chi connectivity index (χ2n) is 7.39. The fourth-order valence-corrected chi connectivity index (χ4v) is 4.13. The Morgan fingerprint density at radius 3 is 2.50 bits per heavy atom. The topological polar surface area (TPSA) is 53.8 Å². The summed E-state index contributed by atoms with van der Waals surface area (Å²) in [7, 11) is 0. The first-order chi connectivity index (χ1) is 14.6. The average molecular weight is 465 g/mol. The minimum atomic E-state index is -0.196. The van der Waals surface area contributed by atoms with Crippen LogP contribution in [0, 0.1) is 6.92 Å². The first kappa shape index (κ1) is 20.6. The molecule has 0 bridgehead atoms. The molecule has 2 atom stereocenters. The lowest BCUT2D eigenvalue weighted by Crippen LogP contribution is -2.33. The summed E-state index contributed by atoms with van der Waals surface area (Å²) < 4.78 is 6.65. The summed E-state index contributed by atoms with van der Waals surface area (Å²) in [6.07, 6.45) is 0.478. The number of nitrogens with one attached hydrogen (secondary N) is 1. The molecule has 5 heteroatoms. The van der Waals surface area contributed by atoms with E-state index in [1.54, 1.807) is 6.07 Å². The van der Waals surface area contributed by atoms with Crippen LogP contribution in [0.25, 0.3) is 0 Å². The van der Waals surface area contributed by atoms with Crippen LogP contribution < -0.4 is 10.1 Å². The van der Waals surface area contributed by atoms with Crippen molar-refractivity contribution in [2.75, 3.05) is 6.61 Å². The molecule has 0 aromatic heterocycles. The van der Waals surface area contributed by atoms with Gasteiger partial charge < -0.3 is 9.84 Å². The van der Waals surface area contributed by atoms with E-state index in [9.17, 15) is 5.11 Å². The molecule has 0 fully saturated rings. The minimum Gasteiger partial charge on any atom is -0.504 e. The third-order valence-electron chi connectivity index (χ3n) is 5.41. The molecule has 0 saturated carbocycles. The van der Waals surface area contributed by atoms with Gasteiger partial charge in [-0.3, -0.25) is 10.3 Å². The van der Waals surface area contributed by atoms with E-state index in [2.05, 4.69) is 52.4 Å². The number of phenols is 1. The Balaban J connectivity index is 1.77. The quantitative estimate of drug-likeness (QED) is 0.480. The highest BCUT2D eigenvalue weighted by atomic mass is 79.9. The number of benzene rings is 3. The Kier molecular flexibility index (Phi) is 6.21. The van der Waals surface area contributed by atoms with Crippen molar-refractivity contribution >= 4 is 21.6 Å². The molecular weight excluding hydrogens is 440 g/mol. The van der Waals surface area contributed by atoms with Crippen LogP contribution in [-0.4, -0.2) is 17.4 Å². The van der Waals surface area contributed by atoms with Crippen LogP contribution in [0.1, 0.15) is 47.8 Å². The zero-order valence-corrected chi connectivity index (χ0v) is 18.7. The van der Waals surface area contributed by atoms with E-state index >= 15 is 0 Å². The number of rotatable bonds is 5. The Bertz CT molecular complexity index is 1060. The number of ether oxygens (including phenoxy) is 1. The number of nitrogens with zero attached hydrogens (tertiary/aromatic N) is 1. The number of aliphatic imine (C=N–C) groups is 1. The van der Waals surface area contributed by atoms with E-state index in [1.165, 1.54) is 5.56 Å². The molecule has 1 aliphatic rings. The van der Waals surface area contributed by atoms with Gasteiger partial charge in [0, 0.05) is 28.2 Å². The van der Waals surface area contributed by atoms with Crippen LogP contribution in [0.4, 0.5) is 0 Å². The van der Waals surface area contributed by atoms with E-state index in [0.717, 1.165) is 26.9 Å². The van der Waals surface area contributed by atoms with Gasteiger partial charge in [0.05, 0.1) is 6.61 Å². The number of hydrogen-bond acceptors (Lipinski definition) is 4. The van der Waals surface area contributed by atoms with Crippen LogP contribution in [0.15, 0.2) is 76.2 Å². The zero-order chi connectivity index (χ0) is 21.1. The van der Waals surface area contributed by atoms with Crippen LogP contribution in [0.5, 0.6) is 11.5 Å². The number of aryl methyl sites for hydroxylation is 1. The first-order valence-corrected chi connectivity index (χ1v) is 10.9. The third-order valence-corrected chi connectivity index (χ3v) is 5.94. The van der Waals surface area contributed by atoms with Crippen molar-refractivity contribution in [3.63, 3.8) is 0 Å². The van der Waals surface area contributed by atoms with Gasteiger partial charge in [0.25, 0.3) is 0 Å². The number of hydrogen-bond donors (Lipinski definition) is 2. The second-order valence-corrected chi connectivity index (χ2v) is 8.31. The van der Waals surface area contributed by atoms with Crippen LogP contribution >= 0.6 is 15.9 Å². The lowest BCUT2D eigenvalue weighted by atomic mass is 9.92. The van der Waals surface area contributed by atoms with Crippen molar-refractivity contribution in [3.05, 3.63) is 93.5 Å². The van der Waals surface area contributed by atoms with Gasteiger partial charge in [0.1, 0.15) is 6.17 Å². The first-order valence-electron chi connectivity index (χ1n) is 10.2. The SMILES string of the molecule is CCOc1cccc([C@@H]2CC(c3ccc(Br)cc3)=N[C@H](c3ccccc3C)N2)c1O. The second kappa shape index (κ2) is 9.02. The Labute approximate surface area is 185 Å². The summed E-state index contributed by atoms with van der Waals surface area (Å²) in [5, 5.41) is 14.5. The van der Waals surface area contributed by atoms with Gasteiger partial charge in [-0.15, -0.1) is 0 Å². The fraction of sp³-hybridized carbons (Fsp3) is 0.240. The van der Waals surface area contributed by atoms with Crippen molar-refractivity contribution < 1.29 is 9.84 Å². The summed E-state index contributed by atoms with van der Waals surface area (Å²) in [6.45, 7) is 4.52. The molecule has 1 aliphatic heterocycles. The van der Waals surface area contributed by atoms with E-state index in [1.807, 2.05) is 43.3 Å². The summed E-state index contributed by atoms with van der Waals surface area (Å²) in [5.74, 6) is 0.703. The fourth-order valence-electron chi connectivity index (χ4n) is 3.87.